The summed E-state index contributed by atoms with van der Waals surface area (Å²) >= 11 is 0. The molecule has 0 aliphatic carbocycles. The zero-order valence-electron chi connectivity index (χ0n) is 11.0. The summed E-state index contributed by atoms with van der Waals surface area (Å²) in [6, 6.07) is 10.4. The Balaban J connectivity index is 1.98. The van der Waals surface area contributed by atoms with Crippen LogP contribution in [-0.4, -0.2) is 15.0 Å². The fourth-order valence-corrected chi connectivity index (χ4v) is 2.03. The Morgan fingerprint density at radius 1 is 1.00 bits per heavy atom. The van der Waals surface area contributed by atoms with Crippen molar-refractivity contribution in [1.82, 2.24) is 15.0 Å². The van der Waals surface area contributed by atoms with Gasteiger partial charge in [0.15, 0.2) is 0 Å². The first kappa shape index (κ1) is 13.4. The van der Waals surface area contributed by atoms with Gasteiger partial charge >= 0.3 is 0 Å². The van der Waals surface area contributed by atoms with Gasteiger partial charge in [0, 0.05) is 12.1 Å². The molecule has 0 atom stereocenters. The summed E-state index contributed by atoms with van der Waals surface area (Å²) in [6.07, 6.45) is 1.66. The molecular formula is C15H12F2N4. The van der Waals surface area contributed by atoms with E-state index in [1.807, 2.05) is 0 Å². The molecule has 106 valence electrons. The molecule has 0 aliphatic rings. The van der Waals surface area contributed by atoms with Gasteiger partial charge < -0.3 is 5.73 Å². The quantitative estimate of drug-likeness (QED) is 0.805. The van der Waals surface area contributed by atoms with Crippen molar-refractivity contribution in [3.63, 3.8) is 0 Å². The molecule has 0 spiro atoms. The van der Waals surface area contributed by atoms with E-state index in [0.717, 1.165) is 0 Å². The number of benzene rings is 2. The predicted molar refractivity (Wildman–Crippen MR) is 74.6 cm³/mol. The largest absolute Gasteiger partial charge is 0.326 e. The zero-order chi connectivity index (χ0) is 14.8. The molecular weight excluding hydrogens is 274 g/mol. The Hall–Kier alpha value is -2.60. The van der Waals surface area contributed by atoms with E-state index in [1.165, 1.54) is 28.9 Å². The van der Waals surface area contributed by atoms with Crippen LogP contribution < -0.4 is 5.73 Å². The average Bonchev–Trinajstić information content (AvgIpc) is 2.97. The van der Waals surface area contributed by atoms with Crippen molar-refractivity contribution in [2.75, 3.05) is 0 Å². The van der Waals surface area contributed by atoms with Crippen LogP contribution in [0.25, 0.3) is 16.9 Å². The normalized spacial score (nSPS) is 10.8. The molecule has 0 unspecified atom stereocenters. The standard InChI is InChI=1S/C15H12F2N4/c16-12-1-3-14(4-2-12)21-9-15(19-20-21)11-5-10(8-18)6-13(17)7-11/h1-7,9H,8,18H2. The Labute approximate surface area is 119 Å². The lowest BCUT2D eigenvalue weighted by molar-refractivity contribution is 0.626. The molecule has 2 N–H and O–H groups in total. The van der Waals surface area contributed by atoms with Crippen molar-refractivity contribution in [1.29, 1.82) is 0 Å². The van der Waals surface area contributed by atoms with Crippen LogP contribution in [-0.2, 0) is 6.54 Å². The second kappa shape index (κ2) is 5.41. The van der Waals surface area contributed by atoms with Gasteiger partial charge in [0.25, 0.3) is 0 Å². The van der Waals surface area contributed by atoms with Crippen molar-refractivity contribution in [3.05, 3.63) is 65.9 Å². The second-order valence-electron chi connectivity index (χ2n) is 4.58. The third kappa shape index (κ3) is 2.80. The molecule has 0 radical (unpaired) electrons. The molecule has 0 aliphatic heterocycles. The van der Waals surface area contributed by atoms with Crippen LogP contribution in [0.1, 0.15) is 5.56 Å². The molecule has 0 fully saturated rings. The fraction of sp³-hybridized carbons (Fsp3) is 0.0667. The van der Waals surface area contributed by atoms with Crippen LogP contribution in [0.2, 0.25) is 0 Å². The lowest BCUT2D eigenvalue weighted by atomic mass is 10.1. The van der Waals surface area contributed by atoms with Gasteiger partial charge in [-0.05, 0) is 48.0 Å². The van der Waals surface area contributed by atoms with Crippen LogP contribution in [0, 0.1) is 11.6 Å². The highest BCUT2D eigenvalue weighted by Crippen LogP contribution is 2.20. The van der Waals surface area contributed by atoms with Crippen LogP contribution >= 0.6 is 0 Å². The molecule has 0 saturated heterocycles. The molecule has 21 heavy (non-hydrogen) atoms. The highest BCUT2D eigenvalue weighted by molar-refractivity contribution is 5.59. The molecule has 6 heteroatoms. The molecule has 2 aromatic carbocycles. The monoisotopic (exact) mass is 286 g/mol. The smallest absolute Gasteiger partial charge is 0.124 e. The Morgan fingerprint density at radius 2 is 1.76 bits per heavy atom. The number of aromatic nitrogens is 3. The number of hydrogen-bond acceptors (Lipinski definition) is 3. The Kier molecular flexibility index (Phi) is 3.45. The lowest BCUT2D eigenvalue weighted by Crippen LogP contribution is -1.97. The van der Waals surface area contributed by atoms with Crippen LogP contribution in [0.5, 0.6) is 0 Å². The minimum Gasteiger partial charge on any atom is -0.326 e. The molecule has 1 aromatic heterocycles. The second-order valence-corrected chi connectivity index (χ2v) is 4.58. The number of nitrogens with zero attached hydrogens (tertiary/aromatic N) is 3. The molecule has 3 rings (SSSR count). The minimum absolute atomic E-state index is 0.247. The summed E-state index contributed by atoms with van der Waals surface area (Å²) in [7, 11) is 0. The highest BCUT2D eigenvalue weighted by atomic mass is 19.1. The van der Waals surface area contributed by atoms with E-state index in [9.17, 15) is 8.78 Å². The maximum atomic E-state index is 13.5. The summed E-state index contributed by atoms with van der Waals surface area (Å²) in [5, 5.41) is 7.98. The molecule has 3 aromatic rings. The Morgan fingerprint density at radius 3 is 2.48 bits per heavy atom. The lowest BCUT2D eigenvalue weighted by Gasteiger charge is -2.01. The summed E-state index contributed by atoms with van der Waals surface area (Å²) in [4.78, 5) is 0. The summed E-state index contributed by atoms with van der Waals surface area (Å²) in [5.74, 6) is -0.693. The van der Waals surface area contributed by atoms with Gasteiger partial charge in [-0.1, -0.05) is 5.21 Å². The van der Waals surface area contributed by atoms with Crippen molar-refractivity contribution >= 4 is 0 Å². The predicted octanol–water partition coefficient (Wildman–Crippen LogP) is 2.67. The van der Waals surface area contributed by atoms with Crippen LogP contribution in [0.3, 0.4) is 0 Å². The molecule has 4 nitrogen and oxygen atoms in total. The first-order valence-corrected chi connectivity index (χ1v) is 6.34. The van der Waals surface area contributed by atoms with Gasteiger partial charge in [-0.3, -0.25) is 0 Å². The fourth-order valence-electron chi connectivity index (χ4n) is 2.03. The first-order chi connectivity index (χ1) is 10.2. The summed E-state index contributed by atoms with van der Waals surface area (Å²) in [6.45, 7) is 0.247. The van der Waals surface area contributed by atoms with Crippen LogP contribution in [0.15, 0.2) is 48.7 Å². The third-order valence-corrected chi connectivity index (χ3v) is 3.07. The average molecular weight is 286 g/mol. The van der Waals surface area contributed by atoms with E-state index in [-0.39, 0.29) is 18.2 Å². The SMILES string of the molecule is NCc1cc(F)cc(-c2cn(-c3ccc(F)cc3)nn2)c1. The maximum absolute atomic E-state index is 13.5. The van der Waals surface area contributed by atoms with Crippen molar-refractivity contribution in [2.24, 2.45) is 5.73 Å². The van der Waals surface area contributed by atoms with E-state index in [2.05, 4.69) is 10.3 Å². The molecule has 1 heterocycles. The van der Waals surface area contributed by atoms with E-state index < -0.39 is 0 Å². The van der Waals surface area contributed by atoms with Gasteiger partial charge in [-0.2, -0.15) is 0 Å². The maximum Gasteiger partial charge on any atom is 0.124 e. The van der Waals surface area contributed by atoms with E-state index in [4.69, 9.17) is 5.73 Å². The van der Waals surface area contributed by atoms with Crippen LogP contribution in [0.4, 0.5) is 8.78 Å². The molecule has 0 amide bonds. The number of nitrogens with two attached hydrogens (primary N) is 1. The van der Waals surface area contributed by atoms with Crippen molar-refractivity contribution in [2.45, 2.75) is 6.54 Å². The molecule has 0 bridgehead atoms. The van der Waals surface area contributed by atoms with E-state index >= 15 is 0 Å². The summed E-state index contributed by atoms with van der Waals surface area (Å²) < 4.78 is 27.9. The number of rotatable bonds is 3. The number of halogens is 2. The third-order valence-electron chi connectivity index (χ3n) is 3.07. The van der Waals surface area contributed by atoms with Gasteiger partial charge in [-0.15, -0.1) is 5.10 Å². The van der Waals surface area contributed by atoms with E-state index in [1.54, 1.807) is 24.4 Å². The van der Waals surface area contributed by atoms with Gasteiger partial charge in [0.1, 0.15) is 17.3 Å². The summed E-state index contributed by atoms with van der Waals surface area (Å²) in [5.41, 5.74) is 8.01. The minimum atomic E-state index is -0.371. The zero-order valence-corrected chi connectivity index (χ0v) is 11.0. The van der Waals surface area contributed by atoms with Crippen molar-refractivity contribution in [3.8, 4) is 16.9 Å². The molecule has 0 saturated carbocycles. The van der Waals surface area contributed by atoms with Gasteiger partial charge in [0.05, 0.1) is 11.9 Å². The topological polar surface area (TPSA) is 56.7 Å². The van der Waals surface area contributed by atoms with Gasteiger partial charge in [0.2, 0.25) is 0 Å². The van der Waals surface area contributed by atoms with E-state index in [0.29, 0.717) is 22.5 Å². The first-order valence-electron chi connectivity index (χ1n) is 6.34. The highest BCUT2D eigenvalue weighted by Gasteiger charge is 2.08. The Bertz CT molecular complexity index is 766. The number of hydrogen-bond donors (Lipinski definition) is 1. The van der Waals surface area contributed by atoms with Crippen molar-refractivity contribution < 1.29 is 8.78 Å². The van der Waals surface area contributed by atoms with Gasteiger partial charge in [-0.25, -0.2) is 13.5 Å².